The number of benzene rings is 2. The Morgan fingerprint density at radius 3 is 2.63 bits per heavy atom. The second kappa shape index (κ2) is 9.04. The summed E-state index contributed by atoms with van der Waals surface area (Å²) in [4.78, 5) is 15.2. The quantitative estimate of drug-likeness (QED) is 0.333. The number of aromatic amines is 1. The number of H-pyrrole nitrogens is 1. The van der Waals surface area contributed by atoms with Crippen LogP contribution in [0, 0.1) is 0 Å². The van der Waals surface area contributed by atoms with E-state index in [1.165, 1.54) is 11.8 Å². The van der Waals surface area contributed by atoms with Crippen LogP contribution >= 0.6 is 11.8 Å². The predicted octanol–water partition coefficient (Wildman–Crippen LogP) is 4.47. The molecule has 0 saturated carbocycles. The van der Waals surface area contributed by atoms with Gasteiger partial charge in [0.05, 0.1) is 19.0 Å². The van der Waals surface area contributed by atoms with E-state index in [0.717, 1.165) is 27.9 Å². The summed E-state index contributed by atoms with van der Waals surface area (Å²) in [5.74, 6) is 1.38. The standard InChI is InChI=1S/C22H22N4O3S/c1-3-28-16-11-9-15(10-12-16)26-21(18-13-23-19-8-6-5-7-17(18)19)24-25-22(26)30-14-20(27)29-4-2/h5-13,23H,3-4,14H2,1-2H3. The molecule has 7 nitrogen and oxygen atoms in total. The molecule has 30 heavy (non-hydrogen) atoms. The van der Waals surface area contributed by atoms with Gasteiger partial charge in [-0.25, -0.2) is 0 Å². The van der Waals surface area contributed by atoms with Gasteiger partial charge in [-0.3, -0.25) is 9.36 Å². The van der Waals surface area contributed by atoms with Gasteiger partial charge in [-0.1, -0.05) is 30.0 Å². The van der Waals surface area contributed by atoms with Gasteiger partial charge in [-0.05, 0) is 44.2 Å². The van der Waals surface area contributed by atoms with Crippen molar-refractivity contribution in [1.82, 2.24) is 19.7 Å². The second-order valence-corrected chi connectivity index (χ2v) is 7.35. The predicted molar refractivity (Wildman–Crippen MR) is 117 cm³/mol. The third-order valence-electron chi connectivity index (χ3n) is 4.49. The minimum Gasteiger partial charge on any atom is -0.494 e. The van der Waals surface area contributed by atoms with Gasteiger partial charge in [0.2, 0.25) is 0 Å². The Morgan fingerprint density at radius 1 is 1.07 bits per heavy atom. The summed E-state index contributed by atoms with van der Waals surface area (Å²) >= 11 is 1.30. The fourth-order valence-corrected chi connectivity index (χ4v) is 3.96. The van der Waals surface area contributed by atoms with E-state index in [1.807, 2.05) is 66.2 Å². The maximum atomic E-state index is 11.9. The minimum atomic E-state index is -0.280. The van der Waals surface area contributed by atoms with Crippen molar-refractivity contribution in [3.63, 3.8) is 0 Å². The third-order valence-corrected chi connectivity index (χ3v) is 5.40. The molecule has 0 unspecified atom stereocenters. The lowest BCUT2D eigenvalue weighted by Crippen LogP contribution is -2.08. The highest BCUT2D eigenvalue weighted by Gasteiger charge is 2.20. The van der Waals surface area contributed by atoms with E-state index in [-0.39, 0.29) is 11.7 Å². The molecule has 1 N–H and O–H groups in total. The zero-order valence-corrected chi connectivity index (χ0v) is 17.6. The Bertz CT molecular complexity index is 1150. The van der Waals surface area contributed by atoms with Crippen molar-refractivity contribution >= 4 is 28.6 Å². The van der Waals surface area contributed by atoms with Crippen molar-refractivity contribution in [2.24, 2.45) is 0 Å². The third kappa shape index (κ3) is 4.04. The van der Waals surface area contributed by atoms with E-state index < -0.39 is 0 Å². The molecular weight excluding hydrogens is 400 g/mol. The molecule has 2 aromatic carbocycles. The monoisotopic (exact) mass is 422 g/mol. The van der Waals surface area contributed by atoms with Gasteiger partial charge in [-0.2, -0.15) is 0 Å². The number of carbonyl (C=O) groups excluding carboxylic acids is 1. The molecular formula is C22H22N4O3S. The van der Waals surface area contributed by atoms with Gasteiger partial charge in [0.25, 0.3) is 0 Å². The lowest BCUT2D eigenvalue weighted by atomic mass is 10.1. The van der Waals surface area contributed by atoms with Crippen LogP contribution in [0.4, 0.5) is 0 Å². The Hall–Kier alpha value is -3.26. The molecule has 0 bridgehead atoms. The number of hydrogen-bond donors (Lipinski definition) is 1. The van der Waals surface area contributed by atoms with Crippen LogP contribution in [0.25, 0.3) is 28.0 Å². The molecule has 2 heterocycles. The van der Waals surface area contributed by atoms with E-state index in [0.29, 0.717) is 24.2 Å². The Kier molecular flexibility index (Phi) is 6.04. The van der Waals surface area contributed by atoms with Crippen molar-refractivity contribution in [1.29, 1.82) is 0 Å². The Morgan fingerprint density at radius 2 is 1.87 bits per heavy atom. The van der Waals surface area contributed by atoms with Crippen LogP contribution in [0.1, 0.15) is 13.8 Å². The van der Waals surface area contributed by atoms with Crippen LogP contribution in [0.15, 0.2) is 59.9 Å². The Balaban J connectivity index is 1.77. The van der Waals surface area contributed by atoms with Crippen LogP contribution < -0.4 is 4.74 Å². The number of para-hydroxylation sites is 1. The maximum absolute atomic E-state index is 11.9. The zero-order chi connectivity index (χ0) is 20.9. The molecule has 0 atom stereocenters. The normalized spacial score (nSPS) is 11.0. The van der Waals surface area contributed by atoms with Crippen LogP contribution in [0.5, 0.6) is 5.75 Å². The van der Waals surface area contributed by atoms with Crippen molar-refractivity contribution < 1.29 is 14.3 Å². The number of esters is 1. The summed E-state index contributed by atoms with van der Waals surface area (Å²) in [6.45, 7) is 4.70. The van der Waals surface area contributed by atoms with Crippen LogP contribution in [-0.2, 0) is 9.53 Å². The molecule has 0 fully saturated rings. The molecule has 0 aliphatic heterocycles. The smallest absolute Gasteiger partial charge is 0.316 e. The highest BCUT2D eigenvalue weighted by molar-refractivity contribution is 7.99. The molecule has 154 valence electrons. The summed E-state index contributed by atoms with van der Waals surface area (Å²) in [7, 11) is 0. The van der Waals surface area contributed by atoms with E-state index in [4.69, 9.17) is 9.47 Å². The number of fused-ring (bicyclic) bond motifs is 1. The second-order valence-electron chi connectivity index (χ2n) is 6.41. The fourth-order valence-electron chi connectivity index (χ4n) is 3.21. The first-order valence-corrected chi connectivity index (χ1v) is 10.7. The maximum Gasteiger partial charge on any atom is 0.316 e. The topological polar surface area (TPSA) is 82.0 Å². The van der Waals surface area contributed by atoms with E-state index >= 15 is 0 Å². The molecule has 0 aliphatic rings. The van der Waals surface area contributed by atoms with Crippen molar-refractivity contribution in [2.75, 3.05) is 19.0 Å². The lowest BCUT2D eigenvalue weighted by Gasteiger charge is -2.11. The number of thioether (sulfide) groups is 1. The minimum absolute atomic E-state index is 0.164. The SMILES string of the molecule is CCOC(=O)CSc1nnc(-c2c[nH]c3ccccc23)n1-c1ccc(OCC)cc1. The van der Waals surface area contributed by atoms with Gasteiger partial charge in [-0.15, -0.1) is 10.2 Å². The highest BCUT2D eigenvalue weighted by Crippen LogP contribution is 2.32. The Labute approximate surface area is 178 Å². The molecule has 0 radical (unpaired) electrons. The molecule has 8 heteroatoms. The number of aromatic nitrogens is 4. The van der Waals surface area contributed by atoms with Crippen LogP contribution in [0.3, 0.4) is 0 Å². The van der Waals surface area contributed by atoms with E-state index in [2.05, 4.69) is 15.2 Å². The number of nitrogens with zero attached hydrogens (tertiary/aromatic N) is 3. The molecule has 2 aromatic heterocycles. The van der Waals surface area contributed by atoms with E-state index in [1.54, 1.807) is 6.92 Å². The van der Waals surface area contributed by atoms with Gasteiger partial charge in [0, 0.05) is 28.4 Å². The lowest BCUT2D eigenvalue weighted by molar-refractivity contribution is -0.139. The van der Waals surface area contributed by atoms with Gasteiger partial charge >= 0.3 is 5.97 Å². The first-order valence-electron chi connectivity index (χ1n) is 9.74. The fraction of sp³-hybridized carbons (Fsp3) is 0.227. The number of ether oxygens (including phenoxy) is 2. The van der Waals surface area contributed by atoms with Gasteiger partial charge in [0.1, 0.15) is 5.75 Å². The molecule has 4 rings (SSSR count). The highest BCUT2D eigenvalue weighted by atomic mass is 32.2. The van der Waals surface area contributed by atoms with Gasteiger partial charge in [0.15, 0.2) is 11.0 Å². The molecule has 0 saturated heterocycles. The van der Waals surface area contributed by atoms with Crippen molar-refractivity contribution in [3.05, 3.63) is 54.7 Å². The molecule has 0 spiro atoms. The summed E-state index contributed by atoms with van der Waals surface area (Å²) < 4.78 is 12.6. The zero-order valence-electron chi connectivity index (χ0n) is 16.8. The number of carbonyl (C=O) groups is 1. The number of rotatable bonds is 8. The van der Waals surface area contributed by atoms with Crippen molar-refractivity contribution in [2.45, 2.75) is 19.0 Å². The first kappa shape index (κ1) is 20.0. The average Bonchev–Trinajstić information content (AvgIpc) is 3.37. The summed E-state index contributed by atoms with van der Waals surface area (Å²) in [6.07, 6.45) is 1.93. The van der Waals surface area contributed by atoms with Crippen LogP contribution in [-0.4, -0.2) is 44.7 Å². The average molecular weight is 423 g/mol. The van der Waals surface area contributed by atoms with Crippen LogP contribution in [0.2, 0.25) is 0 Å². The number of hydrogen-bond acceptors (Lipinski definition) is 6. The largest absolute Gasteiger partial charge is 0.494 e. The summed E-state index contributed by atoms with van der Waals surface area (Å²) in [5, 5.41) is 10.5. The summed E-state index contributed by atoms with van der Waals surface area (Å²) in [6, 6.07) is 15.8. The van der Waals surface area contributed by atoms with Crippen molar-refractivity contribution in [3.8, 4) is 22.8 Å². The summed E-state index contributed by atoms with van der Waals surface area (Å²) in [5.41, 5.74) is 2.85. The molecule has 0 amide bonds. The molecule has 0 aliphatic carbocycles. The first-order chi connectivity index (χ1) is 14.7. The van der Waals surface area contributed by atoms with E-state index in [9.17, 15) is 4.79 Å². The van der Waals surface area contributed by atoms with Gasteiger partial charge < -0.3 is 14.5 Å². The molecule has 4 aromatic rings. The number of nitrogens with one attached hydrogen (secondary N) is 1.